The summed E-state index contributed by atoms with van der Waals surface area (Å²) in [5.74, 6) is 1.30. The highest BCUT2D eigenvalue weighted by molar-refractivity contribution is 6.33. The van der Waals surface area contributed by atoms with Crippen LogP contribution < -0.4 is 19.7 Å². The molecule has 1 aliphatic heterocycles. The van der Waals surface area contributed by atoms with Crippen LogP contribution in [0.25, 0.3) is 0 Å². The molecule has 0 radical (unpaired) electrons. The van der Waals surface area contributed by atoms with Gasteiger partial charge in [0.15, 0.2) is 11.5 Å². The quantitative estimate of drug-likeness (QED) is 0.634. The zero-order valence-electron chi connectivity index (χ0n) is 17.8. The van der Waals surface area contributed by atoms with Gasteiger partial charge in [-0.15, -0.1) is 0 Å². The van der Waals surface area contributed by atoms with Crippen LogP contribution in [-0.2, 0) is 17.5 Å². The fourth-order valence-corrected chi connectivity index (χ4v) is 3.89. The van der Waals surface area contributed by atoms with Crippen molar-refractivity contribution >= 4 is 23.3 Å². The third kappa shape index (κ3) is 5.76. The molecule has 2 heterocycles. The molecule has 1 saturated heterocycles. The second-order valence-corrected chi connectivity index (χ2v) is 7.83. The van der Waals surface area contributed by atoms with Crippen molar-refractivity contribution in [1.29, 1.82) is 0 Å². The molecule has 1 aromatic carbocycles. The molecule has 10 heteroatoms. The Labute approximate surface area is 189 Å². The summed E-state index contributed by atoms with van der Waals surface area (Å²) in [6, 6.07) is 6.39. The number of ether oxygens (including phenoxy) is 2. The third-order valence-electron chi connectivity index (χ3n) is 5.31. The number of nitrogens with zero attached hydrogens (tertiary/aromatic N) is 2. The Bertz CT molecular complexity index is 948. The van der Waals surface area contributed by atoms with E-state index in [-0.39, 0.29) is 16.8 Å². The average Bonchev–Trinajstić information content (AvgIpc) is 2.77. The zero-order valence-corrected chi connectivity index (χ0v) is 18.6. The lowest BCUT2D eigenvalue weighted by molar-refractivity contribution is -0.137. The number of carbonyl (C=O) groups is 1. The number of nitrogens with one attached hydrogen (secondary N) is 1. The fraction of sp³-hybridized carbons (Fsp3) is 0.455. The minimum Gasteiger partial charge on any atom is -0.493 e. The molecule has 0 atom stereocenters. The largest absolute Gasteiger partial charge is 0.493 e. The number of rotatable bonds is 7. The lowest BCUT2D eigenvalue weighted by Crippen LogP contribution is -2.40. The summed E-state index contributed by atoms with van der Waals surface area (Å²) in [6.07, 6.45) is -2.60. The minimum absolute atomic E-state index is 0.0489. The number of aromatic nitrogens is 1. The third-order valence-corrected chi connectivity index (χ3v) is 5.59. The normalized spacial score (nSPS) is 14.9. The number of amides is 1. The van der Waals surface area contributed by atoms with E-state index in [1.54, 1.807) is 7.11 Å². The van der Waals surface area contributed by atoms with E-state index < -0.39 is 11.7 Å². The molecule has 0 aliphatic carbocycles. The predicted octanol–water partition coefficient (Wildman–Crippen LogP) is 4.69. The van der Waals surface area contributed by atoms with Crippen molar-refractivity contribution in [2.75, 3.05) is 31.7 Å². The molecule has 6 nitrogen and oxygen atoms in total. The van der Waals surface area contributed by atoms with Crippen LogP contribution in [0, 0.1) is 5.92 Å². The molecule has 1 N–H and O–H groups in total. The van der Waals surface area contributed by atoms with Crippen LogP contribution in [0.1, 0.15) is 30.9 Å². The molecule has 3 rings (SSSR count). The van der Waals surface area contributed by atoms with Crippen LogP contribution in [0.3, 0.4) is 0 Å². The van der Waals surface area contributed by atoms with Gasteiger partial charge < -0.3 is 19.7 Å². The van der Waals surface area contributed by atoms with Gasteiger partial charge in [-0.05, 0) is 43.5 Å². The summed E-state index contributed by atoms with van der Waals surface area (Å²) in [5.41, 5.74) is 0.00302. The number of benzene rings is 1. The molecule has 0 spiro atoms. The molecule has 2 aromatic rings. The van der Waals surface area contributed by atoms with Gasteiger partial charge in [-0.25, -0.2) is 4.98 Å². The summed E-state index contributed by atoms with van der Waals surface area (Å²) in [6.45, 7) is 3.73. The maximum atomic E-state index is 12.8. The summed E-state index contributed by atoms with van der Waals surface area (Å²) in [4.78, 5) is 18.3. The monoisotopic (exact) mass is 471 g/mol. The van der Waals surface area contributed by atoms with Gasteiger partial charge in [-0.1, -0.05) is 17.7 Å². The number of methoxy groups -OCH3 is 1. The summed E-state index contributed by atoms with van der Waals surface area (Å²) < 4.78 is 49.2. The van der Waals surface area contributed by atoms with E-state index in [0.717, 1.165) is 17.8 Å². The first-order valence-electron chi connectivity index (χ1n) is 10.3. The summed E-state index contributed by atoms with van der Waals surface area (Å²) in [7, 11) is 1.56. The maximum Gasteiger partial charge on any atom is 0.417 e. The van der Waals surface area contributed by atoms with Crippen LogP contribution in [0.2, 0.25) is 5.02 Å². The Balaban J connectivity index is 1.54. The Morgan fingerprint density at radius 3 is 2.56 bits per heavy atom. The Morgan fingerprint density at radius 1 is 1.25 bits per heavy atom. The van der Waals surface area contributed by atoms with Crippen LogP contribution >= 0.6 is 11.6 Å². The van der Waals surface area contributed by atoms with Crippen molar-refractivity contribution in [2.45, 2.75) is 32.5 Å². The molecule has 32 heavy (non-hydrogen) atoms. The molecular formula is C22H25ClF3N3O3. The molecular weight excluding hydrogens is 447 g/mol. The highest BCUT2D eigenvalue weighted by Crippen LogP contribution is 2.34. The van der Waals surface area contributed by atoms with Crippen molar-refractivity contribution in [3.8, 4) is 11.5 Å². The first kappa shape index (κ1) is 24.0. The number of piperidine rings is 1. The molecule has 1 fully saturated rings. The Hall–Kier alpha value is -2.68. The van der Waals surface area contributed by atoms with Gasteiger partial charge in [0.05, 0.1) is 24.3 Å². The summed E-state index contributed by atoms with van der Waals surface area (Å²) in [5, 5.41) is 2.89. The standard InChI is InChI=1S/C22H25ClF3N3O3/c1-3-32-18-5-4-14(10-19(18)31-2)12-28-21(30)15-6-8-29(9-7-15)20-17(23)11-16(13-27-20)22(24,25)26/h4-5,10-11,13,15H,3,6-9,12H2,1-2H3,(H,28,30). The van der Waals surface area contributed by atoms with Gasteiger partial charge in [0.2, 0.25) is 5.91 Å². The second-order valence-electron chi connectivity index (χ2n) is 7.42. The van der Waals surface area contributed by atoms with Crippen molar-refractivity contribution < 1.29 is 27.4 Å². The molecule has 0 bridgehead atoms. The van der Waals surface area contributed by atoms with Gasteiger partial charge in [0.25, 0.3) is 0 Å². The van der Waals surface area contributed by atoms with Crippen LogP contribution in [0.15, 0.2) is 30.5 Å². The van der Waals surface area contributed by atoms with Crippen LogP contribution in [0.5, 0.6) is 11.5 Å². The lowest BCUT2D eigenvalue weighted by atomic mass is 9.95. The predicted molar refractivity (Wildman–Crippen MR) is 115 cm³/mol. The Morgan fingerprint density at radius 2 is 1.97 bits per heavy atom. The molecule has 0 unspecified atom stereocenters. The number of carbonyl (C=O) groups excluding carboxylic acids is 1. The number of halogens is 4. The van der Waals surface area contributed by atoms with Crippen LogP contribution in [-0.4, -0.2) is 37.7 Å². The van der Waals surface area contributed by atoms with Gasteiger partial charge in [0, 0.05) is 31.7 Å². The van der Waals surface area contributed by atoms with Crippen molar-refractivity contribution in [3.63, 3.8) is 0 Å². The first-order chi connectivity index (χ1) is 15.2. The van der Waals surface area contributed by atoms with Gasteiger partial charge in [-0.3, -0.25) is 4.79 Å². The Kier molecular flexibility index (Phi) is 7.71. The number of alkyl halides is 3. The molecule has 1 amide bonds. The van der Waals surface area contributed by atoms with Gasteiger partial charge in [0.1, 0.15) is 5.82 Å². The number of pyridine rings is 1. The average molecular weight is 472 g/mol. The number of hydrogen-bond donors (Lipinski definition) is 1. The smallest absolute Gasteiger partial charge is 0.417 e. The topological polar surface area (TPSA) is 63.7 Å². The van der Waals surface area contributed by atoms with Crippen molar-refractivity contribution in [1.82, 2.24) is 10.3 Å². The highest BCUT2D eigenvalue weighted by atomic mass is 35.5. The molecule has 1 aromatic heterocycles. The SMILES string of the molecule is CCOc1ccc(CNC(=O)C2CCN(c3ncc(C(F)(F)F)cc3Cl)CC2)cc1OC. The van der Waals surface area contributed by atoms with E-state index in [9.17, 15) is 18.0 Å². The van der Waals surface area contributed by atoms with Gasteiger partial charge in [-0.2, -0.15) is 13.2 Å². The number of anilines is 1. The van der Waals surface area contributed by atoms with Crippen molar-refractivity contribution in [3.05, 3.63) is 46.6 Å². The van der Waals surface area contributed by atoms with E-state index >= 15 is 0 Å². The molecule has 174 valence electrons. The summed E-state index contributed by atoms with van der Waals surface area (Å²) >= 11 is 6.04. The van der Waals surface area contributed by atoms with Gasteiger partial charge >= 0.3 is 6.18 Å². The van der Waals surface area contributed by atoms with Crippen molar-refractivity contribution in [2.24, 2.45) is 5.92 Å². The van der Waals surface area contributed by atoms with E-state index in [1.165, 1.54) is 0 Å². The van der Waals surface area contributed by atoms with Crippen LogP contribution in [0.4, 0.5) is 19.0 Å². The first-order valence-corrected chi connectivity index (χ1v) is 10.7. The fourth-order valence-electron chi connectivity index (χ4n) is 3.60. The number of hydrogen-bond acceptors (Lipinski definition) is 5. The van der Waals surface area contributed by atoms with E-state index in [4.69, 9.17) is 21.1 Å². The van der Waals surface area contributed by atoms with E-state index in [0.29, 0.717) is 56.4 Å². The zero-order chi connectivity index (χ0) is 23.3. The maximum absolute atomic E-state index is 12.8. The minimum atomic E-state index is -4.49. The molecule has 0 saturated carbocycles. The molecule has 1 aliphatic rings. The second kappa shape index (κ2) is 10.3. The van der Waals surface area contributed by atoms with E-state index in [2.05, 4.69) is 10.3 Å². The highest BCUT2D eigenvalue weighted by Gasteiger charge is 2.33. The lowest BCUT2D eigenvalue weighted by Gasteiger charge is -2.32. The van der Waals surface area contributed by atoms with E-state index in [1.807, 2.05) is 30.0 Å².